The van der Waals surface area contributed by atoms with Crippen molar-refractivity contribution in [3.63, 3.8) is 0 Å². The van der Waals surface area contributed by atoms with E-state index in [1.54, 1.807) is 35.6 Å². The number of nitrogens with one attached hydrogen (secondary N) is 1. The Kier molecular flexibility index (Phi) is 12.3. The van der Waals surface area contributed by atoms with Crippen molar-refractivity contribution in [2.75, 3.05) is 13.2 Å². The van der Waals surface area contributed by atoms with Crippen molar-refractivity contribution in [1.29, 1.82) is 5.26 Å². The van der Waals surface area contributed by atoms with Crippen molar-refractivity contribution in [3.8, 4) is 6.07 Å². The number of carbonyl (C=O) groups excluding carboxylic acids is 2. The maximum absolute atomic E-state index is 13.3. The molecule has 0 bridgehead atoms. The van der Waals surface area contributed by atoms with Crippen LogP contribution in [0.4, 0.5) is 4.79 Å². The van der Waals surface area contributed by atoms with Gasteiger partial charge in [0.25, 0.3) is 0 Å². The molecular formula is C34H38ClN5O3. The third kappa shape index (κ3) is 8.94. The molecule has 1 aromatic heterocycles. The molecule has 8 nitrogen and oxygen atoms in total. The molecule has 4 aromatic rings. The molecule has 0 aliphatic rings. The molecule has 0 radical (unpaired) electrons. The minimum atomic E-state index is -0.453. The van der Waals surface area contributed by atoms with Gasteiger partial charge in [-0.15, -0.1) is 12.4 Å². The second-order valence-electron chi connectivity index (χ2n) is 10.4. The third-order valence-corrected chi connectivity index (χ3v) is 7.49. The van der Waals surface area contributed by atoms with E-state index in [1.165, 1.54) is 0 Å². The van der Waals surface area contributed by atoms with Crippen LogP contribution in [0.3, 0.4) is 0 Å². The van der Waals surface area contributed by atoms with Gasteiger partial charge < -0.3 is 19.5 Å². The monoisotopic (exact) mass is 599 g/mol. The zero-order valence-electron chi connectivity index (χ0n) is 24.6. The SMILES string of the molecule is C=CCOC(=O)N(Cc1cccc2ccccc12)CC(NC(=O)Cc1cncn1Cc1ccc(C#N)cc1)C(C)CC.Cl. The number of halogens is 1. The van der Waals surface area contributed by atoms with Crippen LogP contribution in [0.1, 0.15) is 42.7 Å². The van der Waals surface area contributed by atoms with E-state index < -0.39 is 6.09 Å². The van der Waals surface area contributed by atoms with Crippen molar-refractivity contribution >= 4 is 35.2 Å². The van der Waals surface area contributed by atoms with Crippen LogP contribution in [-0.2, 0) is 29.0 Å². The lowest BCUT2D eigenvalue weighted by atomic mass is 9.97. The van der Waals surface area contributed by atoms with Crippen LogP contribution in [0.25, 0.3) is 10.8 Å². The zero-order valence-corrected chi connectivity index (χ0v) is 25.4. The molecule has 3 aromatic carbocycles. The van der Waals surface area contributed by atoms with Crippen LogP contribution in [0.2, 0.25) is 0 Å². The number of fused-ring (bicyclic) bond motifs is 1. The second kappa shape index (κ2) is 16.1. The minimum absolute atomic E-state index is 0. The predicted molar refractivity (Wildman–Crippen MR) is 171 cm³/mol. The van der Waals surface area contributed by atoms with Crippen LogP contribution >= 0.6 is 12.4 Å². The Morgan fingerprint density at radius 3 is 2.60 bits per heavy atom. The summed E-state index contributed by atoms with van der Waals surface area (Å²) in [5.41, 5.74) is 3.39. The Hall–Kier alpha value is -4.61. The minimum Gasteiger partial charge on any atom is -0.445 e. The Morgan fingerprint density at radius 1 is 1.14 bits per heavy atom. The van der Waals surface area contributed by atoms with Crippen LogP contribution < -0.4 is 5.32 Å². The summed E-state index contributed by atoms with van der Waals surface area (Å²) in [5, 5.41) is 14.4. The van der Waals surface area contributed by atoms with Crippen LogP contribution in [-0.4, -0.2) is 45.6 Å². The first-order valence-corrected chi connectivity index (χ1v) is 14.2. The first-order chi connectivity index (χ1) is 20.4. The molecule has 1 N–H and O–H groups in total. The summed E-state index contributed by atoms with van der Waals surface area (Å²) in [4.78, 5) is 32.5. The number of imidazole rings is 1. The molecule has 4 rings (SSSR count). The Balaban J connectivity index is 0.00000506. The highest BCUT2D eigenvalue weighted by atomic mass is 35.5. The number of ether oxygens (including phenoxy) is 1. The van der Waals surface area contributed by atoms with E-state index in [1.807, 2.05) is 59.2 Å². The molecular weight excluding hydrogens is 562 g/mol. The lowest BCUT2D eigenvalue weighted by molar-refractivity contribution is -0.121. The van der Waals surface area contributed by atoms with Gasteiger partial charge in [0, 0.05) is 37.6 Å². The van der Waals surface area contributed by atoms with E-state index in [-0.39, 0.29) is 43.3 Å². The van der Waals surface area contributed by atoms with E-state index in [0.29, 0.717) is 25.2 Å². The van der Waals surface area contributed by atoms with Gasteiger partial charge in [0.2, 0.25) is 5.91 Å². The molecule has 0 fully saturated rings. The van der Waals surface area contributed by atoms with Crippen molar-refractivity contribution in [1.82, 2.24) is 19.8 Å². The number of nitriles is 1. The summed E-state index contributed by atoms with van der Waals surface area (Å²) in [5.74, 6) is -0.0359. The lowest BCUT2D eigenvalue weighted by Crippen LogP contribution is -2.49. The number of carbonyl (C=O) groups is 2. The Labute approximate surface area is 259 Å². The Morgan fingerprint density at radius 2 is 1.88 bits per heavy atom. The number of amides is 2. The number of hydrogen-bond acceptors (Lipinski definition) is 5. The first kappa shape index (κ1) is 32.9. The van der Waals surface area contributed by atoms with Crippen LogP contribution in [0.5, 0.6) is 0 Å². The Bertz CT molecular complexity index is 1560. The average Bonchev–Trinajstić information content (AvgIpc) is 3.44. The van der Waals surface area contributed by atoms with Crippen LogP contribution in [0.15, 0.2) is 91.9 Å². The number of hydrogen-bond donors (Lipinski definition) is 1. The average molecular weight is 600 g/mol. The fourth-order valence-corrected chi connectivity index (χ4v) is 4.89. The van der Waals surface area contributed by atoms with Crippen molar-refractivity contribution in [2.45, 2.75) is 45.8 Å². The van der Waals surface area contributed by atoms with E-state index in [9.17, 15) is 9.59 Å². The van der Waals surface area contributed by atoms with Gasteiger partial charge >= 0.3 is 6.09 Å². The van der Waals surface area contributed by atoms with E-state index in [4.69, 9.17) is 10.00 Å². The number of benzene rings is 3. The molecule has 1 heterocycles. The summed E-state index contributed by atoms with van der Waals surface area (Å²) >= 11 is 0. The molecule has 2 unspecified atom stereocenters. The molecule has 0 saturated carbocycles. The molecule has 224 valence electrons. The van der Waals surface area contributed by atoms with Gasteiger partial charge in [-0.3, -0.25) is 4.79 Å². The maximum Gasteiger partial charge on any atom is 0.410 e. The van der Waals surface area contributed by atoms with E-state index >= 15 is 0 Å². The molecule has 0 saturated heterocycles. The van der Waals surface area contributed by atoms with Crippen molar-refractivity contribution in [2.24, 2.45) is 5.92 Å². The van der Waals surface area contributed by atoms with Gasteiger partial charge in [-0.05, 0) is 39.9 Å². The first-order valence-electron chi connectivity index (χ1n) is 14.2. The lowest BCUT2D eigenvalue weighted by Gasteiger charge is -2.31. The molecule has 0 aliphatic heterocycles. The molecule has 9 heteroatoms. The smallest absolute Gasteiger partial charge is 0.410 e. The summed E-state index contributed by atoms with van der Waals surface area (Å²) < 4.78 is 7.39. The topological polar surface area (TPSA) is 100 Å². The maximum atomic E-state index is 13.3. The zero-order chi connectivity index (χ0) is 29.9. The summed E-state index contributed by atoms with van der Waals surface area (Å²) in [7, 11) is 0. The normalized spacial score (nSPS) is 11.9. The fourth-order valence-electron chi connectivity index (χ4n) is 4.89. The molecule has 2 atom stereocenters. The molecule has 43 heavy (non-hydrogen) atoms. The quantitative estimate of drug-likeness (QED) is 0.182. The standard InChI is InChI=1S/C34H37N5O3.ClH/c1-4-17-42-34(41)38(22-29-11-8-10-28-9-6-7-12-31(28)29)23-32(25(3)5-2)37-33(40)18-30-20-36-24-39(30)21-27-15-13-26(19-35)14-16-27;/h4,6-16,20,24-25,32H,1,5,17-18,21-23H2,2-3H3,(H,37,40);1H. The second-order valence-corrected chi connectivity index (χ2v) is 10.4. The van der Waals surface area contributed by atoms with Gasteiger partial charge in [-0.25, -0.2) is 9.78 Å². The van der Waals surface area contributed by atoms with Gasteiger partial charge in [0.05, 0.1) is 24.4 Å². The van der Waals surface area contributed by atoms with Gasteiger partial charge in [-0.1, -0.05) is 87.5 Å². The van der Waals surface area contributed by atoms with Crippen molar-refractivity contribution < 1.29 is 14.3 Å². The number of rotatable bonds is 13. The highest BCUT2D eigenvalue weighted by Crippen LogP contribution is 2.21. The third-order valence-electron chi connectivity index (χ3n) is 7.49. The van der Waals surface area contributed by atoms with Gasteiger partial charge in [-0.2, -0.15) is 5.26 Å². The largest absolute Gasteiger partial charge is 0.445 e. The highest BCUT2D eigenvalue weighted by molar-refractivity contribution is 5.86. The molecule has 2 amide bonds. The summed E-state index contributed by atoms with van der Waals surface area (Å²) in [6.45, 7) is 9.09. The van der Waals surface area contributed by atoms with Crippen molar-refractivity contribution in [3.05, 3.63) is 114 Å². The highest BCUT2D eigenvalue weighted by Gasteiger charge is 2.26. The predicted octanol–water partition coefficient (Wildman–Crippen LogP) is 6.28. The van der Waals surface area contributed by atoms with Gasteiger partial charge in [0.15, 0.2) is 0 Å². The fraction of sp³-hybridized carbons (Fsp3) is 0.294. The van der Waals surface area contributed by atoms with Crippen LogP contribution in [0, 0.1) is 17.2 Å². The number of aromatic nitrogens is 2. The van der Waals surface area contributed by atoms with Gasteiger partial charge in [0.1, 0.15) is 6.61 Å². The molecule has 0 spiro atoms. The summed E-state index contributed by atoms with van der Waals surface area (Å²) in [6.07, 6.45) is 5.46. The van der Waals surface area contributed by atoms with E-state index in [0.717, 1.165) is 34.0 Å². The number of nitrogens with zero attached hydrogens (tertiary/aromatic N) is 4. The summed E-state index contributed by atoms with van der Waals surface area (Å²) in [6, 6.07) is 23.3. The molecule has 0 aliphatic carbocycles. The van der Waals surface area contributed by atoms with E-state index in [2.05, 4.69) is 36.8 Å².